The standard InChI is InChI=1S/C20H30O2/c1-13(2)14-6-8-16-15(12-14)7-9-17-19(16,3)10-5-11-20(17,4)18(21)22/h12-13,17H,5-11H2,1-4H3,(H,21,22)/t17-,19+,20+/m0/s1. The first-order chi connectivity index (χ1) is 10.3. The van der Waals surface area contributed by atoms with Gasteiger partial charge in [-0.05, 0) is 68.3 Å². The molecule has 0 amide bonds. The number of allylic oxidation sites excluding steroid dienone is 4. The summed E-state index contributed by atoms with van der Waals surface area (Å²) in [5, 5.41) is 9.83. The van der Waals surface area contributed by atoms with Gasteiger partial charge in [-0.15, -0.1) is 0 Å². The molecule has 0 heterocycles. The van der Waals surface area contributed by atoms with E-state index in [4.69, 9.17) is 0 Å². The molecule has 22 heavy (non-hydrogen) atoms. The molecule has 0 radical (unpaired) electrons. The number of fused-ring (bicyclic) bond motifs is 2. The van der Waals surface area contributed by atoms with E-state index in [1.807, 2.05) is 6.92 Å². The van der Waals surface area contributed by atoms with Gasteiger partial charge in [0.25, 0.3) is 0 Å². The van der Waals surface area contributed by atoms with Gasteiger partial charge in [-0.3, -0.25) is 4.79 Å². The molecule has 0 aliphatic heterocycles. The fraction of sp³-hybridized carbons (Fsp3) is 0.750. The van der Waals surface area contributed by atoms with Crippen molar-refractivity contribution >= 4 is 5.97 Å². The zero-order valence-electron chi connectivity index (χ0n) is 14.5. The molecule has 2 nitrogen and oxygen atoms in total. The predicted molar refractivity (Wildman–Crippen MR) is 89.6 cm³/mol. The molecule has 3 aliphatic carbocycles. The van der Waals surface area contributed by atoms with Gasteiger partial charge in [0.15, 0.2) is 0 Å². The highest BCUT2D eigenvalue weighted by Gasteiger charge is 2.55. The lowest BCUT2D eigenvalue weighted by molar-refractivity contribution is -0.159. The molecule has 2 heteroatoms. The average Bonchev–Trinajstić information content (AvgIpc) is 2.46. The lowest BCUT2D eigenvalue weighted by Gasteiger charge is -2.55. The first kappa shape index (κ1) is 15.8. The second-order valence-electron chi connectivity index (χ2n) is 8.46. The number of aliphatic carboxylic acids is 1. The summed E-state index contributed by atoms with van der Waals surface area (Å²) in [4.78, 5) is 11.9. The van der Waals surface area contributed by atoms with E-state index in [0.29, 0.717) is 11.8 Å². The number of hydrogen-bond donors (Lipinski definition) is 1. The molecule has 3 rings (SSSR count). The van der Waals surface area contributed by atoms with Gasteiger partial charge in [0.1, 0.15) is 0 Å². The Balaban J connectivity index is 2.03. The Morgan fingerprint density at radius 3 is 2.59 bits per heavy atom. The largest absolute Gasteiger partial charge is 0.481 e. The fourth-order valence-electron chi connectivity index (χ4n) is 5.57. The third-order valence-electron chi connectivity index (χ3n) is 6.96. The number of carboxylic acids is 1. The molecular weight excluding hydrogens is 272 g/mol. The predicted octanol–water partition coefficient (Wildman–Crippen LogP) is 5.35. The van der Waals surface area contributed by atoms with Gasteiger partial charge in [0.05, 0.1) is 5.41 Å². The van der Waals surface area contributed by atoms with Crippen molar-refractivity contribution in [2.45, 2.75) is 72.6 Å². The number of carbonyl (C=O) groups is 1. The molecule has 1 fully saturated rings. The van der Waals surface area contributed by atoms with Gasteiger partial charge < -0.3 is 5.11 Å². The first-order valence-electron chi connectivity index (χ1n) is 8.95. The summed E-state index contributed by atoms with van der Waals surface area (Å²) in [7, 11) is 0. The molecule has 0 aromatic rings. The van der Waals surface area contributed by atoms with Crippen LogP contribution in [0.25, 0.3) is 0 Å². The maximum Gasteiger partial charge on any atom is 0.309 e. The smallest absolute Gasteiger partial charge is 0.309 e. The monoisotopic (exact) mass is 302 g/mol. The van der Waals surface area contributed by atoms with E-state index in [1.54, 1.807) is 16.7 Å². The van der Waals surface area contributed by atoms with E-state index in [-0.39, 0.29) is 5.41 Å². The van der Waals surface area contributed by atoms with Crippen LogP contribution in [-0.2, 0) is 4.79 Å². The van der Waals surface area contributed by atoms with Crippen molar-refractivity contribution in [1.82, 2.24) is 0 Å². The van der Waals surface area contributed by atoms with Crippen molar-refractivity contribution in [3.63, 3.8) is 0 Å². The molecule has 0 saturated heterocycles. The average molecular weight is 302 g/mol. The van der Waals surface area contributed by atoms with Crippen LogP contribution in [0.4, 0.5) is 0 Å². The highest BCUT2D eigenvalue weighted by atomic mass is 16.4. The SMILES string of the molecule is CC(C)C1=CC2=C(CC1)[C@@]1(C)CCC[C@@](C)(C(=O)O)[C@H]1CC2. The van der Waals surface area contributed by atoms with Crippen LogP contribution in [0.2, 0.25) is 0 Å². The molecule has 0 unspecified atom stereocenters. The summed E-state index contributed by atoms with van der Waals surface area (Å²) >= 11 is 0. The van der Waals surface area contributed by atoms with E-state index in [2.05, 4.69) is 26.8 Å². The highest BCUT2D eigenvalue weighted by Crippen LogP contribution is 2.61. The first-order valence-corrected chi connectivity index (χ1v) is 8.95. The number of rotatable bonds is 2. The maximum absolute atomic E-state index is 11.9. The Bertz CT molecular complexity index is 554. The number of carboxylic acid groups (broad SMARTS) is 1. The van der Waals surface area contributed by atoms with Crippen LogP contribution in [-0.4, -0.2) is 11.1 Å². The Hall–Kier alpha value is -1.05. The number of hydrogen-bond acceptors (Lipinski definition) is 1. The van der Waals surface area contributed by atoms with Crippen molar-refractivity contribution in [2.75, 3.05) is 0 Å². The second kappa shape index (κ2) is 5.25. The zero-order chi connectivity index (χ0) is 16.1. The lowest BCUT2D eigenvalue weighted by atomic mass is 9.48. The maximum atomic E-state index is 11.9. The van der Waals surface area contributed by atoms with Crippen LogP contribution >= 0.6 is 0 Å². The van der Waals surface area contributed by atoms with E-state index < -0.39 is 11.4 Å². The van der Waals surface area contributed by atoms with Crippen LogP contribution in [0, 0.1) is 22.7 Å². The third-order valence-corrected chi connectivity index (χ3v) is 6.96. The zero-order valence-corrected chi connectivity index (χ0v) is 14.5. The van der Waals surface area contributed by atoms with Crippen LogP contribution in [0.1, 0.15) is 72.6 Å². The van der Waals surface area contributed by atoms with Crippen molar-refractivity contribution in [3.8, 4) is 0 Å². The van der Waals surface area contributed by atoms with Crippen molar-refractivity contribution in [1.29, 1.82) is 0 Å². The van der Waals surface area contributed by atoms with Crippen LogP contribution in [0.3, 0.4) is 0 Å². The minimum atomic E-state index is -0.582. The molecule has 0 bridgehead atoms. The van der Waals surface area contributed by atoms with Gasteiger partial charge in [-0.2, -0.15) is 0 Å². The van der Waals surface area contributed by atoms with Crippen LogP contribution in [0.5, 0.6) is 0 Å². The molecule has 3 atom stereocenters. The van der Waals surface area contributed by atoms with E-state index in [9.17, 15) is 9.90 Å². The van der Waals surface area contributed by atoms with Gasteiger partial charge >= 0.3 is 5.97 Å². The molecule has 0 aromatic heterocycles. The second-order valence-corrected chi connectivity index (χ2v) is 8.46. The summed E-state index contributed by atoms with van der Waals surface area (Å²) in [5.74, 6) is 0.357. The summed E-state index contributed by atoms with van der Waals surface area (Å²) < 4.78 is 0. The quantitative estimate of drug-likeness (QED) is 0.746. The Morgan fingerprint density at radius 2 is 1.95 bits per heavy atom. The molecule has 3 aliphatic rings. The van der Waals surface area contributed by atoms with Crippen molar-refractivity contribution in [3.05, 3.63) is 22.8 Å². The molecular formula is C20H30O2. The van der Waals surface area contributed by atoms with Gasteiger partial charge in [-0.1, -0.05) is 44.4 Å². The van der Waals surface area contributed by atoms with Gasteiger partial charge in [0, 0.05) is 0 Å². The highest BCUT2D eigenvalue weighted by molar-refractivity contribution is 5.75. The summed E-state index contributed by atoms with van der Waals surface area (Å²) in [5.41, 5.74) is 4.30. The lowest BCUT2D eigenvalue weighted by Crippen LogP contribution is -2.50. The van der Waals surface area contributed by atoms with Gasteiger partial charge in [0.2, 0.25) is 0 Å². The Kier molecular flexibility index (Phi) is 3.78. The molecule has 1 saturated carbocycles. The summed E-state index contributed by atoms with van der Waals surface area (Å²) in [6, 6.07) is 0. The molecule has 1 N–H and O–H groups in total. The van der Waals surface area contributed by atoms with Crippen LogP contribution in [0.15, 0.2) is 22.8 Å². The molecule has 0 spiro atoms. The minimum absolute atomic E-state index is 0.109. The van der Waals surface area contributed by atoms with Crippen molar-refractivity contribution in [2.24, 2.45) is 22.7 Å². The third kappa shape index (κ3) is 2.18. The van der Waals surface area contributed by atoms with Gasteiger partial charge in [-0.25, -0.2) is 0 Å². The molecule has 0 aromatic carbocycles. The van der Waals surface area contributed by atoms with E-state index >= 15 is 0 Å². The normalized spacial score (nSPS) is 38.4. The Morgan fingerprint density at radius 1 is 1.23 bits per heavy atom. The fourth-order valence-corrected chi connectivity index (χ4v) is 5.57. The summed E-state index contributed by atoms with van der Waals surface area (Å²) in [6.07, 6.45) is 9.97. The van der Waals surface area contributed by atoms with E-state index in [0.717, 1.165) is 32.1 Å². The molecule has 122 valence electrons. The Labute approximate surface area is 134 Å². The minimum Gasteiger partial charge on any atom is -0.481 e. The van der Waals surface area contributed by atoms with Crippen LogP contribution < -0.4 is 0 Å². The van der Waals surface area contributed by atoms with Crippen molar-refractivity contribution < 1.29 is 9.90 Å². The summed E-state index contributed by atoms with van der Waals surface area (Å²) in [6.45, 7) is 8.93. The topological polar surface area (TPSA) is 37.3 Å². The van der Waals surface area contributed by atoms with E-state index in [1.165, 1.54) is 12.8 Å².